The van der Waals surface area contributed by atoms with Crippen LogP contribution < -0.4 is 5.73 Å². The summed E-state index contributed by atoms with van der Waals surface area (Å²) in [6, 6.07) is 0.0866. The van der Waals surface area contributed by atoms with Crippen molar-refractivity contribution < 1.29 is 9.18 Å². The van der Waals surface area contributed by atoms with Crippen LogP contribution in [0, 0.1) is 0 Å². The molecule has 0 aromatic carbocycles. The quantitative estimate of drug-likeness (QED) is 0.680. The van der Waals surface area contributed by atoms with Crippen LogP contribution in [0.2, 0.25) is 0 Å². The molecule has 0 aromatic rings. The van der Waals surface area contributed by atoms with Gasteiger partial charge in [0.25, 0.3) is 0 Å². The number of likely N-dealkylation sites (N-methyl/N-ethyl adjacent to an activating group) is 1. The van der Waals surface area contributed by atoms with Crippen LogP contribution >= 0.6 is 0 Å². The van der Waals surface area contributed by atoms with E-state index in [2.05, 4.69) is 0 Å². The van der Waals surface area contributed by atoms with E-state index in [1.165, 1.54) is 0 Å². The van der Waals surface area contributed by atoms with Crippen molar-refractivity contribution in [2.45, 2.75) is 43.4 Å². The van der Waals surface area contributed by atoms with Gasteiger partial charge in [-0.05, 0) is 25.7 Å². The van der Waals surface area contributed by atoms with Gasteiger partial charge in [0.1, 0.15) is 6.17 Å². The maximum absolute atomic E-state index is 12.5. The summed E-state index contributed by atoms with van der Waals surface area (Å²) >= 11 is 0. The average molecular weight is 186 g/mol. The fraction of sp³-hybridized carbons (Fsp3) is 0.889. The Balaban J connectivity index is 1.90. The van der Waals surface area contributed by atoms with Crippen molar-refractivity contribution in [1.82, 2.24) is 4.90 Å². The Morgan fingerprint density at radius 1 is 1.54 bits per heavy atom. The van der Waals surface area contributed by atoms with Crippen LogP contribution in [0.1, 0.15) is 25.7 Å². The normalized spacial score (nSPS) is 35.0. The SMILES string of the molecule is CN(C(=O)C1(N)CC1)C1CC(F)C1. The number of amides is 1. The Kier molecular flexibility index (Phi) is 1.84. The first-order valence-corrected chi connectivity index (χ1v) is 4.73. The summed E-state index contributed by atoms with van der Waals surface area (Å²) in [6.45, 7) is 0. The molecule has 0 radical (unpaired) electrons. The van der Waals surface area contributed by atoms with Gasteiger partial charge in [0.2, 0.25) is 5.91 Å². The Hall–Kier alpha value is -0.640. The number of nitrogens with zero attached hydrogens (tertiary/aromatic N) is 1. The van der Waals surface area contributed by atoms with Gasteiger partial charge in [-0.3, -0.25) is 4.79 Å². The Morgan fingerprint density at radius 2 is 2.08 bits per heavy atom. The molecule has 2 rings (SSSR count). The smallest absolute Gasteiger partial charge is 0.242 e. The first kappa shape index (κ1) is 8.94. The van der Waals surface area contributed by atoms with Crippen molar-refractivity contribution in [3.8, 4) is 0 Å². The number of rotatable bonds is 2. The molecule has 74 valence electrons. The highest BCUT2D eigenvalue weighted by Crippen LogP contribution is 2.36. The van der Waals surface area contributed by atoms with E-state index < -0.39 is 11.7 Å². The molecule has 0 bridgehead atoms. The third-order valence-electron chi connectivity index (χ3n) is 3.14. The van der Waals surface area contributed by atoms with Crippen molar-refractivity contribution in [2.24, 2.45) is 5.73 Å². The maximum atomic E-state index is 12.5. The molecule has 2 N–H and O–H groups in total. The number of alkyl halides is 1. The molecule has 0 spiro atoms. The summed E-state index contributed by atoms with van der Waals surface area (Å²) in [7, 11) is 1.73. The minimum Gasteiger partial charge on any atom is -0.341 e. The fourth-order valence-electron chi connectivity index (χ4n) is 1.70. The molecule has 2 aliphatic carbocycles. The first-order valence-electron chi connectivity index (χ1n) is 4.73. The molecule has 2 saturated carbocycles. The van der Waals surface area contributed by atoms with Gasteiger partial charge in [-0.1, -0.05) is 0 Å². The van der Waals surface area contributed by atoms with Gasteiger partial charge in [-0.2, -0.15) is 0 Å². The van der Waals surface area contributed by atoms with Crippen LogP contribution in [0.3, 0.4) is 0 Å². The largest absolute Gasteiger partial charge is 0.341 e. The average Bonchev–Trinajstić information content (AvgIpc) is 2.77. The van der Waals surface area contributed by atoms with Crippen molar-refractivity contribution in [1.29, 1.82) is 0 Å². The lowest BCUT2D eigenvalue weighted by molar-refractivity contribution is -0.137. The lowest BCUT2D eigenvalue weighted by Gasteiger charge is -2.38. The molecule has 0 unspecified atom stereocenters. The van der Waals surface area contributed by atoms with Crippen molar-refractivity contribution >= 4 is 5.91 Å². The third-order valence-corrected chi connectivity index (χ3v) is 3.14. The molecule has 2 aliphatic rings. The van der Waals surface area contributed by atoms with E-state index in [-0.39, 0.29) is 11.9 Å². The van der Waals surface area contributed by atoms with Crippen LogP contribution in [0.5, 0.6) is 0 Å². The summed E-state index contributed by atoms with van der Waals surface area (Å²) in [5, 5.41) is 0. The van der Waals surface area contributed by atoms with Crippen LogP contribution in [0.15, 0.2) is 0 Å². The van der Waals surface area contributed by atoms with Crippen molar-refractivity contribution in [3.63, 3.8) is 0 Å². The standard InChI is InChI=1S/C9H15FN2O/c1-12(7-4-6(10)5-7)8(13)9(11)2-3-9/h6-7H,2-5,11H2,1H3. The lowest BCUT2D eigenvalue weighted by atomic mass is 9.89. The van der Waals surface area contributed by atoms with Gasteiger partial charge in [-0.25, -0.2) is 4.39 Å². The number of halogens is 1. The van der Waals surface area contributed by atoms with E-state index in [9.17, 15) is 9.18 Å². The molecule has 0 saturated heterocycles. The van der Waals surface area contributed by atoms with Crippen LogP contribution in [-0.4, -0.2) is 35.6 Å². The molecule has 4 heteroatoms. The zero-order valence-electron chi connectivity index (χ0n) is 7.79. The summed E-state index contributed by atoms with van der Waals surface area (Å²) in [4.78, 5) is 13.3. The number of nitrogens with two attached hydrogens (primary N) is 1. The monoisotopic (exact) mass is 186 g/mol. The Bertz CT molecular complexity index is 234. The molecule has 0 heterocycles. The number of hydrogen-bond acceptors (Lipinski definition) is 2. The van der Waals surface area contributed by atoms with E-state index >= 15 is 0 Å². The van der Waals surface area contributed by atoms with Crippen LogP contribution in [-0.2, 0) is 4.79 Å². The van der Waals surface area contributed by atoms with Crippen molar-refractivity contribution in [2.75, 3.05) is 7.05 Å². The van der Waals surface area contributed by atoms with E-state index in [1.54, 1.807) is 11.9 Å². The van der Waals surface area contributed by atoms with Gasteiger partial charge in [0.05, 0.1) is 5.54 Å². The van der Waals surface area contributed by atoms with E-state index in [1.807, 2.05) is 0 Å². The fourth-order valence-corrected chi connectivity index (χ4v) is 1.70. The molecule has 3 nitrogen and oxygen atoms in total. The topological polar surface area (TPSA) is 46.3 Å². The first-order chi connectivity index (χ1) is 6.03. The summed E-state index contributed by atoms with van der Waals surface area (Å²) < 4.78 is 12.5. The second-order valence-corrected chi connectivity index (χ2v) is 4.29. The molecule has 2 fully saturated rings. The summed E-state index contributed by atoms with van der Waals surface area (Å²) in [5.41, 5.74) is 5.16. The third kappa shape index (κ3) is 1.43. The minimum atomic E-state index is -0.715. The maximum Gasteiger partial charge on any atom is 0.242 e. The van der Waals surface area contributed by atoms with Gasteiger partial charge in [-0.15, -0.1) is 0 Å². The zero-order chi connectivity index (χ0) is 9.64. The predicted molar refractivity (Wildman–Crippen MR) is 46.8 cm³/mol. The highest BCUT2D eigenvalue weighted by molar-refractivity contribution is 5.89. The Morgan fingerprint density at radius 3 is 2.46 bits per heavy atom. The molecule has 0 aliphatic heterocycles. The van der Waals surface area contributed by atoms with Gasteiger partial charge in [0, 0.05) is 13.1 Å². The lowest BCUT2D eigenvalue weighted by Crippen LogP contribution is -2.52. The van der Waals surface area contributed by atoms with E-state index in [4.69, 9.17) is 5.73 Å². The Labute approximate surface area is 77.1 Å². The summed E-state index contributed by atoms with van der Waals surface area (Å²) in [5.74, 6) is -0.00981. The summed E-state index contributed by atoms with van der Waals surface area (Å²) in [6.07, 6.45) is 1.81. The highest BCUT2D eigenvalue weighted by Gasteiger charge is 2.49. The molecular formula is C9H15FN2O. The number of carbonyl (C=O) groups is 1. The highest BCUT2D eigenvalue weighted by atomic mass is 19.1. The molecule has 0 atom stereocenters. The molecular weight excluding hydrogens is 171 g/mol. The number of carbonyl (C=O) groups excluding carboxylic acids is 1. The second-order valence-electron chi connectivity index (χ2n) is 4.29. The molecule has 13 heavy (non-hydrogen) atoms. The van der Waals surface area contributed by atoms with E-state index in [0.29, 0.717) is 12.8 Å². The number of hydrogen-bond donors (Lipinski definition) is 1. The predicted octanol–water partition coefficient (Wildman–Crippen LogP) is 0.437. The van der Waals surface area contributed by atoms with E-state index in [0.717, 1.165) is 12.8 Å². The zero-order valence-corrected chi connectivity index (χ0v) is 7.79. The molecule has 1 amide bonds. The second kappa shape index (κ2) is 2.67. The van der Waals surface area contributed by atoms with Crippen LogP contribution in [0.25, 0.3) is 0 Å². The van der Waals surface area contributed by atoms with Gasteiger partial charge < -0.3 is 10.6 Å². The molecule has 0 aromatic heterocycles. The van der Waals surface area contributed by atoms with Gasteiger partial charge in [0.15, 0.2) is 0 Å². The van der Waals surface area contributed by atoms with Crippen LogP contribution in [0.4, 0.5) is 4.39 Å². The van der Waals surface area contributed by atoms with Gasteiger partial charge >= 0.3 is 0 Å². The minimum absolute atomic E-state index is 0.00981. The van der Waals surface area contributed by atoms with Crippen molar-refractivity contribution in [3.05, 3.63) is 0 Å².